The molecule has 0 atom stereocenters. The van der Waals surface area contributed by atoms with Gasteiger partial charge in [-0.05, 0) is 54.1 Å². The van der Waals surface area contributed by atoms with E-state index in [1.807, 2.05) is 12.1 Å². The molecule has 5 rings (SSSR count). The summed E-state index contributed by atoms with van der Waals surface area (Å²) in [6.07, 6.45) is 1.56. The molecule has 1 amide bonds. The van der Waals surface area contributed by atoms with Gasteiger partial charge in [0.05, 0.1) is 5.52 Å². The molecule has 1 saturated heterocycles. The lowest BCUT2D eigenvalue weighted by molar-refractivity contribution is 0.0628. The van der Waals surface area contributed by atoms with E-state index in [0.717, 1.165) is 24.0 Å². The summed E-state index contributed by atoms with van der Waals surface area (Å²) in [7, 11) is -3.86. The third-order valence-electron chi connectivity index (χ3n) is 6.25. The minimum Gasteiger partial charge on any atom is -0.336 e. The van der Waals surface area contributed by atoms with E-state index in [1.54, 1.807) is 59.6 Å². The van der Waals surface area contributed by atoms with Crippen molar-refractivity contribution in [2.24, 2.45) is 0 Å². The topological polar surface area (TPSA) is 82.6 Å². The number of rotatable bonds is 6. The number of amides is 1. The minimum absolute atomic E-state index is 0.0934. The molecular formula is C27H25FN4O3S. The van der Waals surface area contributed by atoms with Gasteiger partial charge in [-0.3, -0.25) is 19.4 Å². The van der Waals surface area contributed by atoms with Crippen LogP contribution in [-0.2, 0) is 16.6 Å². The van der Waals surface area contributed by atoms with E-state index in [1.165, 1.54) is 18.2 Å². The molecule has 9 heteroatoms. The van der Waals surface area contributed by atoms with Crippen LogP contribution < -0.4 is 4.72 Å². The van der Waals surface area contributed by atoms with Crippen molar-refractivity contribution in [2.45, 2.75) is 11.4 Å². The largest absolute Gasteiger partial charge is 0.336 e. The predicted molar refractivity (Wildman–Crippen MR) is 137 cm³/mol. The Balaban J connectivity index is 1.21. The van der Waals surface area contributed by atoms with Crippen LogP contribution in [0.1, 0.15) is 15.9 Å². The molecule has 0 spiro atoms. The molecule has 0 radical (unpaired) electrons. The van der Waals surface area contributed by atoms with Crippen LogP contribution in [0, 0.1) is 5.82 Å². The Bertz CT molecular complexity index is 1480. The van der Waals surface area contributed by atoms with Crippen LogP contribution in [0.4, 0.5) is 10.1 Å². The maximum absolute atomic E-state index is 13.1. The number of pyridine rings is 1. The van der Waals surface area contributed by atoms with Crippen molar-refractivity contribution >= 4 is 32.5 Å². The Morgan fingerprint density at radius 3 is 2.31 bits per heavy atom. The molecule has 1 aliphatic rings. The fourth-order valence-electron chi connectivity index (χ4n) is 4.32. The Hall–Kier alpha value is -3.82. The molecule has 1 N–H and O–H groups in total. The molecule has 3 aromatic carbocycles. The van der Waals surface area contributed by atoms with Gasteiger partial charge in [0.1, 0.15) is 10.7 Å². The molecule has 1 aliphatic heterocycles. The summed E-state index contributed by atoms with van der Waals surface area (Å²) in [5.74, 6) is -0.345. The molecule has 7 nitrogen and oxygen atoms in total. The number of hydrogen-bond donors (Lipinski definition) is 1. The molecule has 0 saturated carbocycles. The van der Waals surface area contributed by atoms with Gasteiger partial charge in [-0.25, -0.2) is 12.8 Å². The first-order valence-electron chi connectivity index (χ1n) is 11.6. The normalized spacial score (nSPS) is 14.6. The number of sulfonamides is 1. The van der Waals surface area contributed by atoms with Crippen LogP contribution in [0.15, 0.2) is 90.0 Å². The number of nitrogens with zero attached hydrogens (tertiary/aromatic N) is 3. The first kappa shape index (κ1) is 23.9. The first-order valence-corrected chi connectivity index (χ1v) is 13.1. The van der Waals surface area contributed by atoms with Crippen LogP contribution in [0.5, 0.6) is 0 Å². The van der Waals surface area contributed by atoms with Gasteiger partial charge < -0.3 is 4.90 Å². The molecule has 0 aliphatic carbocycles. The maximum atomic E-state index is 13.1. The van der Waals surface area contributed by atoms with E-state index in [0.29, 0.717) is 36.4 Å². The van der Waals surface area contributed by atoms with E-state index in [9.17, 15) is 17.6 Å². The number of halogens is 1. The van der Waals surface area contributed by atoms with Crippen LogP contribution in [-0.4, -0.2) is 55.3 Å². The third-order valence-corrected chi connectivity index (χ3v) is 7.66. The second kappa shape index (κ2) is 10.0. The fourth-order valence-corrected chi connectivity index (χ4v) is 5.56. The molecule has 0 bridgehead atoms. The van der Waals surface area contributed by atoms with Gasteiger partial charge in [0.25, 0.3) is 15.9 Å². The van der Waals surface area contributed by atoms with Crippen LogP contribution >= 0.6 is 0 Å². The quantitative estimate of drug-likeness (QED) is 0.427. The molecule has 1 aromatic heterocycles. The number of fused-ring (bicyclic) bond motifs is 1. The molecule has 1 fully saturated rings. The second-order valence-electron chi connectivity index (χ2n) is 8.71. The average molecular weight is 505 g/mol. The van der Waals surface area contributed by atoms with Crippen molar-refractivity contribution in [1.29, 1.82) is 0 Å². The van der Waals surface area contributed by atoms with Crippen molar-refractivity contribution in [2.75, 3.05) is 30.9 Å². The number of hydrogen-bond acceptors (Lipinski definition) is 5. The zero-order valence-corrected chi connectivity index (χ0v) is 20.3. The van der Waals surface area contributed by atoms with Gasteiger partial charge >= 0.3 is 0 Å². The standard InChI is InChI=1S/C27H25FN4O3S/c28-23-10-6-20(7-11-23)19-31-15-17-32(18-16-31)27(33)22-8-12-24(13-9-22)30-36(34,35)25-5-1-3-21-4-2-14-29-26(21)25/h1-14,30H,15-19H2. The first-order chi connectivity index (χ1) is 17.4. The number of aromatic nitrogens is 1. The van der Waals surface area contributed by atoms with Crippen molar-refractivity contribution < 1.29 is 17.6 Å². The van der Waals surface area contributed by atoms with Crippen LogP contribution in [0.2, 0.25) is 0 Å². The van der Waals surface area contributed by atoms with Gasteiger partial charge in [-0.1, -0.05) is 30.3 Å². The number of piperazine rings is 1. The summed E-state index contributed by atoms with van der Waals surface area (Å²) in [6.45, 7) is 3.33. The van der Waals surface area contributed by atoms with Crippen molar-refractivity contribution in [3.63, 3.8) is 0 Å². The molecule has 184 valence electrons. The number of benzene rings is 3. The highest BCUT2D eigenvalue weighted by molar-refractivity contribution is 7.93. The van der Waals surface area contributed by atoms with E-state index in [2.05, 4.69) is 14.6 Å². The zero-order chi connectivity index (χ0) is 25.1. The lowest BCUT2D eigenvalue weighted by Gasteiger charge is -2.34. The third kappa shape index (κ3) is 5.22. The molecular weight excluding hydrogens is 479 g/mol. The number of carbonyl (C=O) groups excluding carboxylic acids is 1. The summed E-state index contributed by atoms with van der Waals surface area (Å²) in [6, 6.07) is 21.5. The van der Waals surface area contributed by atoms with Gasteiger partial charge in [-0.15, -0.1) is 0 Å². The van der Waals surface area contributed by atoms with Crippen molar-refractivity contribution in [3.8, 4) is 0 Å². The highest BCUT2D eigenvalue weighted by Crippen LogP contribution is 2.24. The monoisotopic (exact) mass is 504 g/mol. The average Bonchev–Trinajstić information content (AvgIpc) is 2.90. The number of nitrogens with one attached hydrogen (secondary N) is 1. The van der Waals surface area contributed by atoms with Gasteiger partial charge in [0.15, 0.2) is 0 Å². The van der Waals surface area contributed by atoms with Gasteiger partial charge in [0.2, 0.25) is 0 Å². The van der Waals surface area contributed by atoms with E-state index >= 15 is 0 Å². The highest BCUT2D eigenvalue weighted by Gasteiger charge is 2.23. The number of anilines is 1. The maximum Gasteiger partial charge on any atom is 0.264 e. The van der Waals surface area contributed by atoms with E-state index in [-0.39, 0.29) is 16.6 Å². The second-order valence-corrected chi connectivity index (χ2v) is 10.4. The fraction of sp³-hybridized carbons (Fsp3) is 0.185. The summed E-state index contributed by atoms with van der Waals surface area (Å²) < 4.78 is 41.7. The van der Waals surface area contributed by atoms with E-state index < -0.39 is 10.0 Å². The predicted octanol–water partition coefficient (Wildman–Crippen LogP) is 4.13. The minimum atomic E-state index is -3.86. The summed E-state index contributed by atoms with van der Waals surface area (Å²) in [5, 5.41) is 0.735. The van der Waals surface area contributed by atoms with E-state index in [4.69, 9.17) is 0 Å². The summed E-state index contributed by atoms with van der Waals surface area (Å²) in [4.78, 5) is 21.3. The highest BCUT2D eigenvalue weighted by atomic mass is 32.2. The zero-order valence-electron chi connectivity index (χ0n) is 19.5. The molecule has 36 heavy (non-hydrogen) atoms. The smallest absolute Gasteiger partial charge is 0.264 e. The Morgan fingerprint density at radius 1 is 0.889 bits per heavy atom. The molecule has 2 heterocycles. The Morgan fingerprint density at radius 2 is 1.58 bits per heavy atom. The van der Waals surface area contributed by atoms with Gasteiger partial charge in [0, 0.05) is 55.6 Å². The number of carbonyl (C=O) groups is 1. The Kier molecular flexibility index (Phi) is 6.67. The van der Waals surface area contributed by atoms with Crippen molar-refractivity contribution in [3.05, 3.63) is 102 Å². The molecule has 0 unspecified atom stereocenters. The lowest BCUT2D eigenvalue weighted by atomic mass is 10.1. The molecule has 4 aromatic rings. The Labute approximate surface area is 209 Å². The number of para-hydroxylation sites is 1. The SMILES string of the molecule is O=C(c1ccc(NS(=O)(=O)c2cccc3cccnc23)cc1)N1CCN(Cc2ccc(F)cc2)CC1. The van der Waals surface area contributed by atoms with Gasteiger partial charge in [-0.2, -0.15) is 0 Å². The van der Waals surface area contributed by atoms with Crippen LogP contribution in [0.25, 0.3) is 10.9 Å². The van der Waals surface area contributed by atoms with Crippen molar-refractivity contribution in [1.82, 2.24) is 14.8 Å². The lowest BCUT2D eigenvalue weighted by Crippen LogP contribution is -2.48. The summed E-state index contributed by atoms with van der Waals surface area (Å²) in [5.41, 5.74) is 2.30. The van der Waals surface area contributed by atoms with Crippen LogP contribution in [0.3, 0.4) is 0 Å². The summed E-state index contributed by atoms with van der Waals surface area (Å²) >= 11 is 0.